The second kappa shape index (κ2) is 6.39. The maximum Gasteiger partial charge on any atom is 0.253 e. The number of H-pyrrole nitrogens is 1. The minimum Gasteiger partial charge on any atom is -0.383 e. The summed E-state index contributed by atoms with van der Waals surface area (Å²) in [4.78, 5) is 34.5. The van der Waals surface area contributed by atoms with Crippen molar-refractivity contribution in [3.05, 3.63) is 40.7 Å². The van der Waals surface area contributed by atoms with Crippen LogP contribution in [0.5, 0.6) is 0 Å². The van der Waals surface area contributed by atoms with Crippen molar-refractivity contribution in [2.45, 2.75) is 17.3 Å². The normalized spacial score (nSPS) is 12.2. The first kappa shape index (κ1) is 15.5. The Morgan fingerprint density at radius 1 is 1.39 bits per heavy atom. The van der Waals surface area contributed by atoms with Crippen molar-refractivity contribution in [2.75, 3.05) is 11.1 Å². The van der Waals surface area contributed by atoms with Gasteiger partial charge in [-0.05, 0) is 19.1 Å². The fraction of sp³-hybridized carbons (Fsp3) is 0.143. The number of fused-ring (bicyclic) bond motifs is 1. The first-order valence-electron chi connectivity index (χ1n) is 6.71. The molecule has 0 spiro atoms. The van der Waals surface area contributed by atoms with Gasteiger partial charge in [-0.2, -0.15) is 0 Å². The Labute approximate surface area is 139 Å². The number of amides is 1. The van der Waals surface area contributed by atoms with Crippen molar-refractivity contribution in [1.29, 1.82) is 0 Å². The zero-order chi connectivity index (χ0) is 16.4. The molecular formula is C14H13N5O2S2. The highest BCUT2D eigenvalue weighted by Gasteiger charge is 2.17. The lowest BCUT2D eigenvalue weighted by Crippen LogP contribution is -2.23. The summed E-state index contributed by atoms with van der Waals surface area (Å²) in [5.74, 6) is -0.103. The Morgan fingerprint density at radius 3 is 2.91 bits per heavy atom. The highest BCUT2D eigenvalue weighted by atomic mass is 32.2. The van der Waals surface area contributed by atoms with Gasteiger partial charge in [0.2, 0.25) is 5.91 Å². The molecule has 1 aromatic carbocycles. The van der Waals surface area contributed by atoms with Crippen molar-refractivity contribution in [3.8, 4) is 0 Å². The number of nitrogens with one attached hydrogen (secondary N) is 2. The van der Waals surface area contributed by atoms with E-state index in [1.807, 2.05) is 24.3 Å². The third kappa shape index (κ3) is 3.69. The molecule has 118 valence electrons. The summed E-state index contributed by atoms with van der Waals surface area (Å²) in [5, 5.41) is 3.16. The maximum atomic E-state index is 12.2. The lowest BCUT2D eigenvalue weighted by Gasteiger charge is -2.09. The summed E-state index contributed by atoms with van der Waals surface area (Å²) in [6.07, 6.45) is 0. The van der Waals surface area contributed by atoms with Crippen LogP contribution in [0, 0.1) is 0 Å². The molecule has 0 unspecified atom stereocenters. The number of nitrogens with zero attached hydrogens (tertiary/aromatic N) is 2. The predicted octanol–water partition coefficient (Wildman–Crippen LogP) is 2.08. The molecule has 0 saturated heterocycles. The molecule has 2 aromatic heterocycles. The van der Waals surface area contributed by atoms with Crippen LogP contribution in [0.4, 0.5) is 10.9 Å². The van der Waals surface area contributed by atoms with Gasteiger partial charge in [-0.15, -0.1) is 0 Å². The van der Waals surface area contributed by atoms with Gasteiger partial charge in [-0.1, -0.05) is 35.2 Å². The number of hydrogen-bond donors (Lipinski definition) is 3. The predicted molar refractivity (Wildman–Crippen MR) is 92.8 cm³/mol. The topological polar surface area (TPSA) is 114 Å². The molecule has 0 saturated carbocycles. The molecule has 4 N–H and O–H groups in total. The van der Waals surface area contributed by atoms with Gasteiger partial charge in [0.25, 0.3) is 5.56 Å². The average Bonchev–Trinajstić information content (AvgIpc) is 2.88. The number of anilines is 2. The van der Waals surface area contributed by atoms with Crippen molar-refractivity contribution >= 4 is 50.2 Å². The molecule has 7 nitrogen and oxygen atoms in total. The summed E-state index contributed by atoms with van der Waals surface area (Å²) < 4.78 is 1.00. The second-order valence-corrected chi connectivity index (χ2v) is 7.07. The maximum absolute atomic E-state index is 12.2. The third-order valence-corrected chi connectivity index (χ3v) is 4.86. The molecule has 0 aliphatic rings. The number of carbonyl (C=O) groups is 1. The van der Waals surface area contributed by atoms with Crippen LogP contribution in [0.3, 0.4) is 0 Å². The number of para-hydroxylation sites is 1. The lowest BCUT2D eigenvalue weighted by molar-refractivity contribution is -0.115. The van der Waals surface area contributed by atoms with E-state index in [9.17, 15) is 9.59 Å². The van der Waals surface area contributed by atoms with Crippen LogP contribution >= 0.6 is 23.1 Å². The number of rotatable bonds is 4. The van der Waals surface area contributed by atoms with Crippen LogP contribution in [-0.2, 0) is 4.79 Å². The van der Waals surface area contributed by atoms with Crippen molar-refractivity contribution in [2.24, 2.45) is 0 Å². The Kier molecular flexibility index (Phi) is 4.30. The minimum absolute atomic E-state index is 0.120. The van der Waals surface area contributed by atoms with Gasteiger partial charge in [0.05, 0.1) is 15.5 Å². The highest BCUT2D eigenvalue weighted by Crippen LogP contribution is 2.26. The summed E-state index contributed by atoms with van der Waals surface area (Å²) >= 11 is 2.53. The van der Waals surface area contributed by atoms with Gasteiger partial charge in [0.15, 0.2) is 10.3 Å². The van der Waals surface area contributed by atoms with Crippen molar-refractivity contribution < 1.29 is 4.79 Å². The van der Waals surface area contributed by atoms with E-state index in [-0.39, 0.29) is 17.3 Å². The Balaban J connectivity index is 1.70. The number of aromatic nitrogens is 3. The van der Waals surface area contributed by atoms with Gasteiger partial charge in [0, 0.05) is 6.07 Å². The summed E-state index contributed by atoms with van der Waals surface area (Å²) in [6, 6.07) is 8.85. The zero-order valence-corrected chi connectivity index (χ0v) is 13.7. The number of thioether (sulfide) groups is 1. The minimum atomic E-state index is -0.466. The number of nitrogen functional groups attached to an aromatic ring is 1. The van der Waals surface area contributed by atoms with Crippen LogP contribution in [0.1, 0.15) is 6.92 Å². The highest BCUT2D eigenvalue weighted by molar-refractivity contribution is 8.00. The molecule has 0 aliphatic heterocycles. The van der Waals surface area contributed by atoms with Gasteiger partial charge < -0.3 is 16.0 Å². The first-order chi connectivity index (χ1) is 11.0. The largest absolute Gasteiger partial charge is 0.383 e. The summed E-state index contributed by atoms with van der Waals surface area (Å²) in [6.45, 7) is 1.72. The van der Waals surface area contributed by atoms with Crippen LogP contribution < -0.4 is 16.6 Å². The monoisotopic (exact) mass is 347 g/mol. The van der Waals surface area contributed by atoms with E-state index >= 15 is 0 Å². The quantitative estimate of drug-likeness (QED) is 0.492. The number of thiazole rings is 1. The van der Waals surface area contributed by atoms with Crippen molar-refractivity contribution in [1.82, 2.24) is 15.0 Å². The van der Waals surface area contributed by atoms with Gasteiger partial charge in [-0.3, -0.25) is 9.59 Å². The number of nitrogens with two attached hydrogens (primary N) is 1. The van der Waals surface area contributed by atoms with Crippen LogP contribution in [0.2, 0.25) is 0 Å². The number of carbonyl (C=O) groups excluding carboxylic acids is 1. The second-order valence-electron chi connectivity index (χ2n) is 4.71. The molecule has 1 atom stereocenters. The molecular weight excluding hydrogens is 334 g/mol. The van der Waals surface area contributed by atoms with E-state index in [0.29, 0.717) is 10.3 Å². The molecule has 0 bridgehead atoms. The SMILES string of the molecule is C[C@H](Sc1nc(N)cc(=O)[nH]1)C(=O)Nc1nc2ccccc2s1. The molecule has 3 aromatic rings. The molecule has 0 fully saturated rings. The number of hydrogen-bond acceptors (Lipinski definition) is 7. The van der Waals surface area contributed by atoms with E-state index in [0.717, 1.165) is 22.0 Å². The summed E-state index contributed by atoms with van der Waals surface area (Å²) in [5.41, 5.74) is 6.02. The molecule has 2 heterocycles. The van der Waals surface area contributed by atoms with E-state index in [4.69, 9.17) is 5.73 Å². The number of benzene rings is 1. The molecule has 3 rings (SSSR count). The van der Waals surface area contributed by atoms with E-state index < -0.39 is 5.25 Å². The lowest BCUT2D eigenvalue weighted by atomic mass is 10.3. The first-order valence-corrected chi connectivity index (χ1v) is 8.41. The van der Waals surface area contributed by atoms with Gasteiger partial charge in [-0.25, -0.2) is 9.97 Å². The van der Waals surface area contributed by atoms with Crippen LogP contribution in [-0.4, -0.2) is 26.1 Å². The van der Waals surface area contributed by atoms with Gasteiger partial charge in [0.1, 0.15) is 5.82 Å². The van der Waals surface area contributed by atoms with E-state index in [1.165, 1.54) is 17.4 Å². The molecule has 1 amide bonds. The zero-order valence-electron chi connectivity index (χ0n) is 12.1. The van der Waals surface area contributed by atoms with Crippen LogP contribution in [0.25, 0.3) is 10.2 Å². The molecule has 9 heteroatoms. The Bertz CT molecular complexity index is 888. The fourth-order valence-corrected chi connectivity index (χ4v) is 3.55. The Hall–Kier alpha value is -2.39. The standard InChI is InChI=1S/C14H13N5O2S2/c1-7(22-14-17-10(15)6-11(20)18-14)12(21)19-13-16-8-4-2-3-5-9(8)23-13/h2-7H,1H3,(H,16,19,21)(H3,15,17,18,20)/t7-/m0/s1. The molecule has 23 heavy (non-hydrogen) atoms. The smallest absolute Gasteiger partial charge is 0.253 e. The third-order valence-electron chi connectivity index (χ3n) is 2.92. The van der Waals surface area contributed by atoms with E-state index in [1.54, 1.807) is 6.92 Å². The van der Waals surface area contributed by atoms with Gasteiger partial charge >= 0.3 is 0 Å². The fourth-order valence-electron chi connectivity index (χ4n) is 1.86. The number of aromatic amines is 1. The Morgan fingerprint density at radius 2 is 2.17 bits per heavy atom. The summed E-state index contributed by atoms with van der Waals surface area (Å²) in [7, 11) is 0. The van der Waals surface area contributed by atoms with E-state index in [2.05, 4.69) is 20.3 Å². The van der Waals surface area contributed by atoms with Crippen LogP contribution in [0.15, 0.2) is 40.3 Å². The average molecular weight is 347 g/mol. The molecule has 0 radical (unpaired) electrons. The molecule has 0 aliphatic carbocycles. The van der Waals surface area contributed by atoms with Crippen molar-refractivity contribution in [3.63, 3.8) is 0 Å².